The van der Waals surface area contributed by atoms with Crippen LogP contribution < -0.4 is 0 Å². The van der Waals surface area contributed by atoms with Crippen LogP contribution in [-0.2, 0) is 19.1 Å². The standard InChI is InChI=1S/C12H18O4/c1-3-5-9-15-11(13)7-8-12(14)16-10-6-4-2/h5-6,9-10H,3-4,7-8H2,1-2H3/b9-5+,10-6+. The van der Waals surface area contributed by atoms with Crippen molar-refractivity contribution in [1.82, 2.24) is 0 Å². The summed E-state index contributed by atoms with van der Waals surface area (Å²) >= 11 is 0. The number of hydrogen-bond acceptors (Lipinski definition) is 4. The number of carbonyl (C=O) groups excluding carboxylic acids is 2. The molecule has 0 spiro atoms. The molecule has 0 saturated carbocycles. The van der Waals surface area contributed by atoms with Crippen LogP contribution in [-0.4, -0.2) is 11.9 Å². The highest BCUT2D eigenvalue weighted by Crippen LogP contribution is 1.97. The van der Waals surface area contributed by atoms with E-state index in [4.69, 9.17) is 9.47 Å². The Balaban J connectivity index is 3.62. The smallest absolute Gasteiger partial charge is 0.311 e. The van der Waals surface area contributed by atoms with E-state index < -0.39 is 11.9 Å². The molecule has 0 aromatic carbocycles. The lowest BCUT2D eigenvalue weighted by Crippen LogP contribution is -2.06. The van der Waals surface area contributed by atoms with Gasteiger partial charge in [0.05, 0.1) is 25.4 Å². The normalized spacial score (nSPS) is 10.9. The third-order valence-electron chi connectivity index (χ3n) is 1.60. The first-order valence-corrected chi connectivity index (χ1v) is 5.39. The molecular weight excluding hydrogens is 208 g/mol. The summed E-state index contributed by atoms with van der Waals surface area (Å²) in [7, 11) is 0. The predicted octanol–water partition coefficient (Wildman–Crippen LogP) is 2.70. The fraction of sp³-hybridized carbons (Fsp3) is 0.500. The van der Waals surface area contributed by atoms with Crippen molar-refractivity contribution in [3.05, 3.63) is 24.7 Å². The van der Waals surface area contributed by atoms with Gasteiger partial charge in [0, 0.05) is 0 Å². The molecule has 4 nitrogen and oxygen atoms in total. The number of hydrogen-bond donors (Lipinski definition) is 0. The van der Waals surface area contributed by atoms with Gasteiger partial charge in [-0.15, -0.1) is 0 Å². The Bertz CT molecular complexity index is 238. The summed E-state index contributed by atoms with van der Waals surface area (Å²) < 4.78 is 9.43. The molecule has 0 unspecified atom stereocenters. The molecule has 0 aliphatic rings. The van der Waals surface area contributed by atoms with Crippen LogP contribution in [0.1, 0.15) is 39.5 Å². The van der Waals surface area contributed by atoms with Crippen molar-refractivity contribution in [3.8, 4) is 0 Å². The Labute approximate surface area is 95.9 Å². The largest absolute Gasteiger partial charge is 0.435 e. The molecule has 16 heavy (non-hydrogen) atoms. The second kappa shape index (κ2) is 9.96. The van der Waals surface area contributed by atoms with E-state index in [9.17, 15) is 9.59 Å². The monoisotopic (exact) mass is 226 g/mol. The maximum Gasteiger partial charge on any atom is 0.311 e. The van der Waals surface area contributed by atoms with E-state index in [0.717, 1.165) is 12.8 Å². The molecule has 90 valence electrons. The molecule has 0 bridgehead atoms. The van der Waals surface area contributed by atoms with Crippen molar-refractivity contribution < 1.29 is 19.1 Å². The van der Waals surface area contributed by atoms with Crippen LogP contribution in [0, 0.1) is 0 Å². The van der Waals surface area contributed by atoms with Crippen molar-refractivity contribution in [1.29, 1.82) is 0 Å². The van der Waals surface area contributed by atoms with Gasteiger partial charge in [0.1, 0.15) is 0 Å². The van der Waals surface area contributed by atoms with Crippen LogP contribution in [0.25, 0.3) is 0 Å². The second-order valence-electron chi connectivity index (χ2n) is 3.04. The summed E-state index contributed by atoms with van der Waals surface area (Å²) in [6, 6.07) is 0. The number of carbonyl (C=O) groups is 2. The summed E-state index contributed by atoms with van der Waals surface area (Å²) in [5.41, 5.74) is 0. The van der Waals surface area contributed by atoms with Gasteiger partial charge in [-0.25, -0.2) is 0 Å². The van der Waals surface area contributed by atoms with E-state index in [1.54, 1.807) is 12.2 Å². The van der Waals surface area contributed by atoms with Crippen molar-refractivity contribution >= 4 is 11.9 Å². The zero-order chi connectivity index (χ0) is 12.2. The average molecular weight is 226 g/mol. The molecule has 0 aromatic heterocycles. The van der Waals surface area contributed by atoms with E-state index >= 15 is 0 Å². The summed E-state index contributed by atoms with van der Waals surface area (Å²) in [4.78, 5) is 22.1. The molecule has 0 aliphatic carbocycles. The highest BCUT2D eigenvalue weighted by molar-refractivity contribution is 5.78. The van der Waals surface area contributed by atoms with E-state index in [2.05, 4.69) is 0 Å². The third-order valence-corrected chi connectivity index (χ3v) is 1.60. The molecule has 4 heteroatoms. The third kappa shape index (κ3) is 8.99. The zero-order valence-electron chi connectivity index (χ0n) is 9.77. The van der Waals surface area contributed by atoms with Gasteiger partial charge >= 0.3 is 11.9 Å². The van der Waals surface area contributed by atoms with E-state index in [1.807, 2.05) is 13.8 Å². The number of esters is 2. The molecule has 0 N–H and O–H groups in total. The van der Waals surface area contributed by atoms with Gasteiger partial charge in [-0.2, -0.15) is 0 Å². The first-order valence-electron chi connectivity index (χ1n) is 5.39. The Morgan fingerprint density at radius 3 is 1.56 bits per heavy atom. The Morgan fingerprint density at radius 1 is 0.875 bits per heavy atom. The number of ether oxygens (including phenoxy) is 2. The molecule has 0 heterocycles. The Kier molecular flexibility index (Phi) is 8.97. The van der Waals surface area contributed by atoms with Crippen molar-refractivity contribution in [2.75, 3.05) is 0 Å². The van der Waals surface area contributed by atoms with Crippen LogP contribution in [0.3, 0.4) is 0 Å². The van der Waals surface area contributed by atoms with Gasteiger partial charge in [0.2, 0.25) is 0 Å². The Morgan fingerprint density at radius 2 is 1.25 bits per heavy atom. The highest BCUT2D eigenvalue weighted by atomic mass is 16.5. The Hall–Kier alpha value is -1.58. The summed E-state index contributed by atoms with van der Waals surface area (Å²) in [6.45, 7) is 3.86. The minimum absolute atomic E-state index is 0.0346. The molecule has 0 aliphatic heterocycles. The maximum atomic E-state index is 11.1. The summed E-state index contributed by atoms with van der Waals surface area (Å²) in [5, 5.41) is 0. The lowest BCUT2D eigenvalue weighted by Gasteiger charge is -1.98. The molecule has 0 amide bonds. The first-order chi connectivity index (χ1) is 7.70. The zero-order valence-corrected chi connectivity index (χ0v) is 9.77. The molecule has 0 saturated heterocycles. The van der Waals surface area contributed by atoms with E-state index in [1.165, 1.54) is 12.5 Å². The van der Waals surface area contributed by atoms with Gasteiger partial charge in [-0.3, -0.25) is 9.59 Å². The molecular formula is C12H18O4. The molecule has 0 radical (unpaired) electrons. The fourth-order valence-electron chi connectivity index (χ4n) is 0.762. The SMILES string of the molecule is CC/C=C/OC(=O)CCC(=O)O/C=C/CC. The molecule has 0 rings (SSSR count). The van der Waals surface area contributed by atoms with Gasteiger partial charge in [0.25, 0.3) is 0 Å². The highest BCUT2D eigenvalue weighted by Gasteiger charge is 2.06. The van der Waals surface area contributed by atoms with Crippen LogP contribution in [0.15, 0.2) is 24.7 Å². The topological polar surface area (TPSA) is 52.6 Å². The average Bonchev–Trinajstić information content (AvgIpc) is 2.27. The minimum Gasteiger partial charge on any atom is -0.435 e. The quantitative estimate of drug-likeness (QED) is 0.494. The molecule has 0 aromatic rings. The number of rotatable bonds is 7. The van der Waals surface area contributed by atoms with Gasteiger partial charge < -0.3 is 9.47 Å². The first kappa shape index (κ1) is 14.4. The molecule has 0 atom stereocenters. The van der Waals surface area contributed by atoms with Crippen LogP contribution in [0.4, 0.5) is 0 Å². The van der Waals surface area contributed by atoms with E-state index in [-0.39, 0.29) is 12.8 Å². The van der Waals surface area contributed by atoms with Gasteiger partial charge in [0.15, 0.2) is 0 Å². The van der Waals surface area contributed by atoms with Crippen molar-refractivity contribution in [2.45, 2.75) is 39.5 Å². The fourth-order valence-corrected chi connectivity index (χ4v) is 0.762. The van der Waals surface area contributed by atoms with E-state index in [0.29, 0.717) is 0 Å². The van der Waals surface area contributed by atoms with Crippen LogP contribution in [0.2, 0.25) is 0 Å². The predicted molar refractivity (Wildman–Crippen MR) is 60.3 cm³/mol. The lowest BCUT2D eigenvalue weighted by atomic mass is 10.3. The lowest BCUT2D eigenvalue weighted by molar-refractivity contribution is -0.144. The summed E-state index contributed by atoms with van der Waals surface area (Å²) in [6.07, 6.45) is 7.80. The van der Waals surface area contributed by atoms with Crippen LogP contribution >= 0.6 is 0 Å². The van der Waals surface area contributed by atoms with Crippen molar-refractivity contribution in [2.24, 2.45) is 0 Å². The maximum absolute atomic E-state index is 11.1. The second-order valence-corrected chi connectivity index (χ2v) is 3.04. The summed E-state index contributed by atoms with van der Waals surface area (Å²) in [5.74, 6) is -0.859. The van der Waals surface area contributed by atoms with Crippen LogP contribution in [0.5, 0.6) is 0 Å². The number of allylic oxidation sites excluding steroid dienone is 2. The van der Waals surface area contributed by atoms with Gasteiger partial charge in [-0.1, -0.05) is 13.8 Å². The van der Waals surface area contributed by atoms with Gasteiger partial charge in [-0.05, 0) is 25.0 Å². The molecule has 0 fully saturated rings. The minimum atomic E-state index is -0.430. The van der Waals surface area contributed by atoms with Crippen molar-refractivity contribution in [3.63, 3.8) is 0 Å².